The van der Waals surface area contributed by atoms with E-state index < -0.39 is 22.1 Å². The number of benzene rings is 1. The molecule has 134 valence electrons. The minimum atomic E-state index is -4.39. The molecule has 0 amide bonds. The number of ether oxygens (including phenoxy) is 2. The van der Waals surface area contributed by atoms with Crippen molar-refractivity contribution in [2.45, 2.75) is 19.6 Å². The van der Waals surface area contributed by atoms with E-state index in [-0.39, 0.29) is 25.0 Å². The zero-order valence-corrected chi connectivity index (χ0v) is 13.1. The molecule has 0 aliphatic carbocycles. The Morgan fingerprint density at radius 1 is 1.40 bits per heavy atom. The molecular formula is C15H14F3N3O4. The van der Waals surface area contributed by atoms with E-state index in [1.807, 2.05) is 6.92 Å². The highest BCUT2D eigenvalue weighted by molar-refractivity contribution is 5.29. The molecule has 1 aromatic carbocycles. The second-order valence-corrected chi connectivity index (χ2v) is 6.18. The topological polar surface area (TPSA) is 79.4 Å². The number of imidazole rings is 1. The summed E-state index contributed by atoms with van der Waals surface area (Å²) in [6, 6.07) is 4.57. The van der Waals surface area contributed by atoms with Gasteiger partial charge >= 0.3 is 18.0 Å². The average molecular weight is 357 g/mol. The summed E-state index contributed by atoms with van der Waals surface area (Å²) in [7, 11) is 0. The van der Waals surface area contributed by atoms with Gasteiger partial charge in [-0.2, -0.15) is 13.2 Å². The minimum Gasteiger partial charge on any atom is -0.493 e. The van der Waals surface area contributed by atoms with Gasteiger partial charge in [0.1, 0.15) is 18.6 Å². The van der Waals surface area contributed by atoms with Crippen LogP contribution in [0.15, 0.2) is 30.5 Å². The highest BCUT2D eigenvalue weighted by atomic mass is 19.4. The maximum Gasteiger partial charge on any atom is 0.416 e. The van der Waals surface area contributed by atoms with Gasteiger partial charge in [0.2, 0.25) is 0 Å². The fraction of sp³-hybridized carbons (Fsp3) is 0.400. The third kappa shape index (κ3) is 3.67. The summed E-state index contributed by atoms with van der Waals surface area (Å²) in [6.07, 6.45) is -3.11. The van der Waals surface area contributed by atoms with Gasteiger partial charge in [0.15, 0.2) is 0 Å². The Hall–Kier alpha value is -2.78. The van der Waals surface area contributed by atoms with Gasteiger partial charge < -0.3 is 19.6 Å². The van der Waals surface area contributed by atoms with E-state index in [1.54, 1.807) is 0 Å². The summed E-state index contributed by atoms with van der Waals surface area (Å²) in [6.45, 7) is 2.63. The van der Waals surface area contributed by atoms with Crippen LogP contribution < -0.4 is 9.47 Å². The monoisotopic (exact) mass is 357 g/mol. The molecule has 7 nitrogen and oxygen atoms in total. The molecule has 0 N–H and O–H groups in total. The predicted molar refractivity (Wildman–Crippen MR) is 79.4 cm³/mol. The predicted octanol–water partition coefficient (Wildman–Crippen LogP) is 3.29. The van der Waals surface area contributed by atoms with E-state index in [1.165, 1.54) is 22.9 Å². The molecule has 25 heavy (non-hydrogen) atoms. The number of rotatable bonds is 4. The molecule has 3 rings (SSSR count). The van der Waals surface area contributed by atoms with Crippen molar-refractivity contribution in [1.82, 2.24) is 9.55 Å². The SMILES string of the molecule is C[C@@]1(COc2ccc(C(F)(F)F)cc2)COc2nc([N+](=O)[O-])cn2C1. The Morgan fingerprint density at radius 2 is 2.08 bits per heavy atom. The van der Waals surface area contributed by atoms with Crippen LogP contribution in [0.3, 0.4) is 0 Å². The van der Waals surface area contributed by atoms with Crippen molar-refractivity contribution < 1.29 is 27.6 Å². The lowest BCUT2D eigenvalue weighted by molar-refractivity contribution is -0.389. The molecule has 0 radical (unpaired) electrons. The van der Waals surface area contributed by atoms with Crippen molar-refractivity contribution >= 4 is 5.82 Å². The fourth-order valence-corrected chi connectivity index (χ4v) is 2.48. The van der Waals surface area contributed by atoms with E-state index in [0.717, 1.165) is 12.1 Å². The number of aromatic nitrogens is 2. The third-order valence-corrected chi connectivity index (χ3v) is 3.78. The van der Waals surface area contributed by atoms with Crippen molar-refractivity contribution in [1.29, 1.82) is 0 Å². The van der Waals surface area contributed by atoms with Crippen molar-refractivity contribution in [2.75, 3.05) is 13.2 Å². The van der Waals surface area contributed by atoms with Gasteiger partial charge in [0.25, 0.3) is 0 Å². The Kier molecular flexibility index (Phi) is 4.05. The number of fused-ring (bicyclic) bond motifs is 1. The van der Waals surface area contributed by atoms with E-state index in [9.17, 15) is 23.3 Å². The Morgan fingerprint density at radius 3 is 2.68 bits per heavy atom. The molecule has 0 saturated carbocycles. The lowest BCUT2D eigenvalue weighted by atomic mass is 9.92. The third-order valence-electron chi connectivity index (χ3n) is 3.78. The molecule has 0 fully saturated rings. The molecule has 0 saturated heterocycles. The highest BCUT2D eigenvalue weighted by Crippen LogP contribution is 2.33. The van der Waals surface area contributed by atoms with Gasteiger partial charge in [-0.05, 0) is 29.2 Å². The normalized spacial score (nSPS) is 19.8. The summed E-state index contributed by atoms with van der Waals surface area (Å²) in [4.78, 5) is 13.9. The van der Waals surface area contributed by atoms with Crippen LogP contribution in [0.1, 0.15) is 12.5 Å². The fourth-order valence-electron chi connectivity index (χ4n) is 2.48. The van der Waals surface area contributed by atoms with Gasteiger partial charge in [-0.1, -0.05) is 6.92 Å². The van der Waals surface area contributed by atoms with Gasteiger partial charge in [-0.15, -0.1) is 0 Å². The highest BCUT2D eigenvalue weighted by Gasteiger charge is 2.36. The standard InChI is InChI=1S/C15H14F3N3O4/c1-14(7-20-6-12(21(22)23)19-13(20)25-9-14)8-24-11-4-2-10(3-5-11)15(16,17)18/h2-6H,7-9H2,1H3/t14-/m1/s1. The van der Waals surface area contributed by atoms with Gasteiger partial charge in [0.05, 0.1) is 17.6 Å². The quantitative estimate of drug-likeness (QED) is 0.620. The molecule has 1 aliphatic heterocycles. The smallest absolute Gasteiger partial charge is 0.416 e. The number of halogens is 3. The summed E-state index contributed by atoms with van der Waals surface area (Å²) >= 11 is 0. The molecule has 0 bridgehead atoms. The van der Waals surface area contributed by atoms with Crippen LogP contribution in [-0.2, 0) is 12.7 Å². The van der Waals surface area contributed by atoms with Crippen molar-refractivity contribution in [3.8, 4) is 11.8 Å². The first-order valence-electron chi connectivity index (χ1n) is 7.31. The molecule has 1 atom stereocenters. The van der Waals surface area contributed by atoms with Crippen LogP contribution in [0, 0.1) is 15.5 Å². The number of nitro groups is 1. The Labute approximate surface area is 140 Å². The second-order valence-electron chi connectivity index (χ2n) is 6.18. The van der Waals surface area contributed by atoms with Gasteiger partial charge in [-0.25, -0.2) is 0 Å². The van der Waals surface area contributed by atoms with Gasteiger partial charge in [0, 0.05) is 11.5 Å². The molecule has 2 aromatic rings. The Balaban J connectivity index is 1.65. The lowest BCUT2D eigenvalue weighted by Crippen LogP contribution is -2.40. The second kappa shape index (κ2) is 5.94. The molecule has 0 unspecified atom stereocenters. The average Bonchev–Trinajstić information content (AvgIpc) is 2.96. The number of hydrogen-bond acceptors (Lipinski definition) is 5. The zero-order chi connectivity index (χ0) is 18.2. The number of nitrogens with zero attached hydrogens (tertiary/aromatic N) is 3. The van der Waals surface area contributed by atoms with Crippen molar-refractivity contribution in [3.05, 3.63) is 46.1 Å². The van der Waals surface area contributed by atoms with Crippen LogP contribution >= 0.6 is 0 Å². The van der Waals surface area contributed by atoms with Crippen LogP contribution in [-0.4, -0.2) is 27.7 Å². The minimum absolute atomic E-state index is 0.165. The zero-order valence-electron chi connectivity index (χ0n) is 13.1. The van der Waals surface area contributed by atoms with Crippen LogP contribution in [0.5, 0.6) is 11.8 Å². The van der Waals surface area contributed by atoms with E-state index in [4.69, 9.17) is 9.47 Å². The van der Waals surface area contributed by atoms with Gasteiger partial charge in [-0.3, -0.25) is 4.57 Å². The van der Waals surface area contributed by atoms with Crippen LogP contribution in [0.25, 0.3) is 0 Å². The summed E-state index contributed by atoms with van der Waals surface area (Å²) < 4.78 is 50.2. The Bertz CT molecular complexity index is 788. The largest absolute Gasteiger partial charge is 0.493 e. The number of hydrogen-bond donors (Lipinski definition) is 0. The molecule has 1 aromatic heterocycles. The molecule has 2 heterocycles. The first-order chi connectivity index (χ1) is 11.7. The molecule has 1 aliphatic rings. The van der Waals surface area contributed by atoms with E-state index in [0.29, 0.717) is 12.3 Å². The first-order valence-corrected chi connectivity index (χ1v) is 7.31. The van der Waals surface area contributed by atoms with E-state index in [2.05, 4.69) is 4.98 Å². The first kappa shape index (κ1) is 17.1. The molecular weight excluding hydrogens is 343 g/mol. The summed E-state index contributed by atoms with van der Waals surface area (Å²) in [5.41, 5.74) is -1.26. The maximum atomic E-state index is 12.5. The van der Waals surface area contributed by atoms with Crippen molar-refractivity contribution in [2.24, 2.45) is 5.41 Å². The summed E-state index contributed by atoms with van der Waals surface area (Å²) in [5.74, 6) is -0.000425. The lowest BCUT2D eigenvalue weighted by Gasteiger charge is -2.32. The van der Waals surface area contributed by atoms with E-state index >= 15 is 0 Å². The molecule has 10 heteroatoms. The van der Waals surface area contributed by atoms with Crippen molar-refractivity contribution in [3.63, 3.8) is 0 Å². The summed E-state index contributed by atoms with van der Waals surface area (Å²) in [5, 5.41) is 10.8. The maximum absolute atomic E-state index is 12.5. The van der Waals surface area contributed by atoms with Crippen LogP contribution in [0.4, 0.5) is 19.0 Å². The molecule has 0 spiro atoms. The number of alkyl halides is 3. The van der Waals surface area contributed by atoms with Crippen LogP contribution in [0.2, 0.25) is 0 Å².